The van der Waals surface area contributed by atoms with Gasteiger partial charge in [-0.15, -0.1) is 0 Å². The second-order valence-corrected chi connectivity index (χ2v) is 6.58. The number of methoxy groups -OCH3 is 1. The van der Waals surface area contributed by atoms with E-state index in [1.807, 2.05) is 0 Å². The molecule has 0 saturated carbocycles. The van der Waals surface area contributed by atoms with E-state index in [-0.39, 0.29) is 12.2 Å². The van der Waals surface area contributed by atoms with Crippen molar-refractivity contribution in [1.82, 2.24) is 15.6 Å². The molecule has 0 aliphatic carbocycles. The smallest absolute Gasteiger partial charge is 0.407 e. The van der Waals surface area contributed by atoms with E-state index in [2.05, 4.69) is 20.4 Å². The molecule has 0 aliphatic rings. The first-order valence-electron chi connectivity index (χ1n) is 8.03. The number of aliphatic hydroxyl groups is 1. The zero-order valence-corrected chi connectivity index (χ0v) is 15.5. The number of hydrogen-bond acceptors (Lipinski definition) is 7. The quantitative estimate of drug-likeness (QED) is 0.633. The Kier molecular flexibility index (Phi) is 7.51. The number of pyridine rings is 1. The molecule has 1 heterocycles. The Labute approximate surface area is 152 Å². The second kappa shape index (κ2) is 9.14. The van der Waals surface area contributed by atoms with Crippen LogP contribution in [0, 0.1) is 0 Å². The third-order valence-electron chi connectivity index (χ3n) is 3.08. The predicted molar refractivity (Wildman–Crippen MR) is 92.3 cm³/mol. The standard InChI is InChI=1S/C17H25N3O6/c1-10(21)13(15(23)25-5)20-14(22)12-8-6-7-11(19-12)9-18-16(24)26-17(2,3)4/h6-8,10,13,21H,9H2,1-5H3,(H,18,24)(H,20,22). The number of ether oxygens (including phenoxy) is 2. The lowest BCUT2D eigenvalue weighted by Crippen LogP contribution is -2.48. The third kappa shape index (κ3) is 7.06. The van der Waals surface area contributed by atoms with Gasteiger partial charge in [0.15, 0.2) is 6.04 Å². The van der Waals surface area contributed by atoms with E-state index in [4.69, 9.17) is 4.74 Å². The van der Waals surface area contributed by atoms with Crippen molar-refractivity contribution in [2.24, 2.45) is 0 Å². The van der Waals surface area contributed by atoms with Crippen LogP contribution < -0.4 is 10.6 Å². The van der Waals surface area contributed by atoms with Gasteiger partial charge < -0.3 is 25.2 Å². The van der Waals surface area contributed by atoms with E-state index in [1.165, 1.54) is 13.0 Å². The maximum absolute atomic E-state index is 12.3. The molecule has 2 atom stereocenters. The Morgan fingerprint density at radius 2 is 1.92 bits per heavy atom. The summed E-state index contributed by atoms with van der Waals surface area (Å²) in [7, 11) is 1.16. The molecule has 144 valence electrons. The summed E-state index contributed by atoms with van der Waals surface area (Å²) < 4.78 is 9.66. The van der Waals surface area contributed by atoms with Gasteiger partial charge in [-0.3, -0.25) is 4.79 Å². The second-order valence-electron chi connectivity index (χ2n) is 6.58. The molecule has 3 N–H and O–H groups in total. The summed E-state index contributed by atoms with van der Waals surface area (Å²) >= 11 is 0. The molecule has 9 nitrogen and oxygen atoms in total. The molecule has 26 heavy (non-hydrogen) atoms. The van der Waals surface area contributed by atoms with Crippen molar-refractivity contribution in [1.29, 1.82) is 0 Å². The van der Waals surface area contributed by atoms with Crippen LogP contribution in [0.5, 0.6) is 0 Å². The fourth-order valence-electron chi connectivity index (χ4n) is 1.90. The van der Waals surface area contributed by atoms with E-state index in [1.54, 1.807) is 32.9 Å². The number of rotatable bonds is 6. The zero-order valence-electron chi connectivity index (χ0n) is 15.5. The number of aliphatic hydroxyl groups excluding tert-OH is 1. The molecule has 0 aromatic carbocycles. The third-order valence-corrected chi connectivity index (χ3v) is 3.08. The SMILES string of the molecule is COC(=O)C(NC(=O)c1cccc(CNC(=O)OC(C)(C)C)n1)C(C)O. The lowest BCUT2D eigenvalue weighted by atomic mass is 10.1. The molecule has 0 radical (unpaired) electrons. The highest BCUT2D eigenvalue weighted by Gasteiger charge is 2.27. The first-order valence-corrected chi connectivity index (χ1v) is 8.03. The Morgan fingerprint density at radius 3 is 2.46 bits per heavy atom. The van der Waals surface area contributed by atoms with Crippen molar-refractivity contribution in [2.75, 3.05) is 7.11 Å². The molecule has 2 amide bonds. The monoisotopic (exact) mass is 367 g/mol. The molecule has 0 saturated heterocycles. The molecule has 1 aromatic rings. The van der Waals surface area contributed by atoms with Crippen molar-refractivity contribution < 1.29 is 29.0 Å². The van der Waals surface area contributed by atoms with Crippen LogP contribution in [0.25, 0.3) is 0 Å². The van der Waals surface area contributed by atoms with Crippen molar-refractivity contribution >= 4 is 18.0 Å². The number of alkyl carbamates (subject to hydrolysis) is 1. The maximum Gasteiger partial charge on any atom is 0.407 e. The van der Waals surface area contributed by atoms with Gasteiger partial charge in [0.25, 0.3) is 5.91 Å². The maximum atomic E-state index is 12.3. The first-order chi connectivity index (χ1) is 12.0. The van der Waals surface area contributed by atoms with Gasteiger partial charge >= 0.3 is 12.1 Å². The minimum atomic E-state index is -1.21. The average molecular weight is 367 g/mol. The van der Waals surface area contributed by atoms with Crippen molar-refractivity contribution in [2.45, 2.75) is 52.0 Å². The van der Waals surface area contributed by atoms with Gasteiger partial charge in [0.1, 0.15) is 11.3 Å². The van der Waals surface area contributed by atoms with Crippen LogP contribution in [-0.4, -0.2) is 52.9 Å². The fourth-order valence-corrected chi connectivity index (χ4v) is 1.90. The minimum Gasteiger partial charge on any atom is -0.467 e. The van der Waals surface area contributed by atoms with Crippen molar-refractivity contribution in [3.05, 3.63) is 29.6 Å². The van der Waals surface area contributed by atoms with Crippen molar-refractivity contribution in [3.8, 4) is 0 Å². The number of carbonyl (C=O) groups excluding carboxylic acids is 3. The highest BCUT2D eigenvalue weighted by molar-refractivity contribution is 5.95. The highest BCUT2D eigenvalue weighted by Crippen LogP contribution is 2.07. The number of hydrogen-bond donors (Lipinski definition) is 3. The van der Waals surface area contributed by atoms with Crippen LogP contribution in [0.3, 0.4) is 0 Å². The first kappa shape index (κ1) is 21.4. The van der Waals surface area contributed by atoms with Gasteiger partial charge in [-0.25, -0.2) is 14.6 Å². The van der Waals surface area contributed by atoms with Crippen LogP contribution in [-0.2, 0) is 20.8 Å². The Hall–Kier alpha value is -2.68. The predicted octanol–water partition coefficient (Wildman–Crippen LogP) is 0.758. The summed E-state index contributed by atoms with van der Waals surface area (Å²) in [6, 6.07) is 3.45. The molecular formula is C17H25N3O6. The summed E-state index contributed by atoms with van der Waals surface area (Å²) in [6.45, 7) is 6.66. The van der Waals surface area contributed by atoms with Crippen LogP contribution in [0.15, 0.2) is 18.2 Å². The van der Waals surface area contributed by atoms with Crippen LogP contribution in [0.2, 0.25) is 0 Å². The highest BCUT2D eigenvalue weighted by atomic mass is 16.6. The Morgan fingerprint density at radius 1 is 1.27 bits per heavy atom. The molecule has 9 heteroatoms. The lowest BCUT2D eigenvalue weighted by Gasteiger charge is -2.20. The number of nitrogens with zero attached hydrogens (tertiary/aromatic N) is 1. The number of esters is 1. The average Bonchev–Trinajstić information content (AvgIpc) is 2.55. The van der Waals surface area contributed by atoms with Gasteiger partial charge in [-0.2, -0.15) is 0 Å². The van der Waals surface area contributed by atoms with Gasteiger partial charge in [0.2, 0.25) is 0 Å². The van der Waals surface area contributed by atoms with Gasteiger partial charge in [0, 0.05) is 0 Å². The lowest BCUT2D eigenvalue weighted by molar-refractivity contribution is -0.145. The van der Waals surface area contributed by atoms with Crippen LogP contribution in [0.4, 0.5) is 4.79 Å². The van der Waals surface area contributed by atoms with Gasteiger partial charge in [-0.05, 0) is 39.8 Å². The Bertz CT molecular complexity index is 654. The molecule has 1 rings (SSSR count). The normalized spacial score (nSPS) is 13.3. The molecule has 2 unspecified atom stereocenters. The Balaban J connectivity index is 2.75. The summed E-state index contributed by atoms with van der Waals surface area (Å²) in [4.78, 5) is 39.6. The molecule has 0 aliphatic heterocycles. The number of carbonyl (C=O) groups is 3. The van der Waals surface area contributed by atoms with E-state index in [0.29, 0.717) is 5.69 Å². The van der Waals surface area contributed by atoms with E-state index in [0.717, 1.165) is 7.11 Å². The molecule has 0 fully saturated rings. The van der Waals surface area contributed by atoms with Gasteiger partial charge in [-0.1, -0.05) is 6.07 Å². The fraction of sp³-hybridized carbons (Fsp3) is 0.529. The number of aromatic nitrogens is 1. The molecule has 1 aromatic heterocycles. The molecular weight excluding hydrogens is 342 g/mol. The number of nitrogens with one attached hydrogen (secondary N) is 2. The summed E-state index contributed by atoms with van der Waals surface area (Å²) in [5.74, 6) is -1.42. The summed E-state index contributed by atoms with van der Waals surface area (Å²) in [5.41, 5.74) is -0.165. The topological polar surface area (TPSA) is 127 Å². The largest absolute Gasteiger partial charge is 0.467 e. The van der Waals surface area contributed by atoms with E-state index in [9.17, 15) is 19.5 Å². The molecule has 0 bridgehead atoms. The summed E-state index contributed by atoms with van der Waals surface area (Å²) in [6.07, 6.45) is -1.74. The summed E-state index contributed by atoms with van der Waals surface area (Å²) in [5, 5.41) is 14.5. The zero-order chi connectivity index (χ0) is 19.9. The van der Waals surface area contributed by atoms with E-state index >= 15 is 0 Å². The van der Waals surface area contributed by atoms with E-state index < -0.39 is 35.7 Å². The molecule has 0 spiro atoms. The van der Waals surface area contributed by atoms with Crippen LogP contribution >= 0.6 is 0 Å². The van der Waals surface area contributed by atoms with Crippen LogP contribution in [0.1, 0.15) is 43.9 Å². The minimum absolute atomic E-state index is 0.0306. The number of amides is 2. The van der Waals surface area contributed by atoms with Gasteiger partial charge in [0.05, 0.1) is 25.5 Å². The van der Waals surface area contributed by atoms with Crippen molar-refractivity contribution in [3.63, 3.8) is 0 Å².